The molecule has 5 nitrogen and oxygen atoms in total. The normalized spacial score (nSPS) is 10.9. The largest absolute Gasteiger partial charge is 0.440 e. The van der Waals surface area contributed by atoms with Crippen LogP contribution in [0.1, 0.15) is 0 Å². The van der Waals surface area contributed by atoms with Gasteiger partial charge >= 0.3 is 0 Å². The van der Waals surface area contributed by atoms with E-state index in [-0.39, 0.29) is 0 Å². The van der Waals surface area contributed by atoms with E-state index >= 15 is 0 Å². The van der Waals surface area contributed by atoms with Crippen LogP contribution in [0.5, 0.6) is 0 Å². The van der Waals surface area contributed by atoms with E-state index in [1.807, 2.05) is 11.4 Å². The molecular weight excluding hydrogens is 256 g/mol. The molecule has 0 atom stereocenters. The van der Waals surface area contributed by atoms with Crippen molar-refractivity contribution in [1.82, 2.24) is 15.0 Å². The first-order valence-corrected chi connectivity index (χ1v) is 6.57. The molecule has 3 rings (SSSR count). The highest BCUT2D eigenvalue weighted by Gasteiger charge is 2.11. The fourth-order valence-electron chi connectivity index (χ4n) is 1.36. The van der Waals surface area contributed by atoms with E-state index < -0.39 is 0 Å². The lowest BCUT2D eigenvalue weighted by Crippen LogP contribution is -1.96. The molecule has 7 heteroatoms. The van der Waals surface area contributed by atoms with Crippen molar-refractivity contribution in [3.05, 3.63) is 23.9 Å². The minimum Gasteiger partial charge on any atom is -0.440 e. The van der Waals surface area contributed by atoms with Gasteiger partial charge in [0.1, 0.15) is 16.1 Å². The smallest absolute Gasteiger partial charge is 0.261 e. The Labute approximate surface area is 105 Å². The molecule has 0 spiro atoms. The topological polar surface area (TPSA) is 63.8 Å². The lowest BCUT2D eigenvalue weighted by Gasteiger charge is -2.02. The maximum Gasteiger partial charge on any atom is 0.261 e. The van der Waals surface area contributed by atoms with Gasteiger partial charge in [-0.3, -0.25) is 0 Å². The molecule has 0 saturated carbocycles. The molecule has 0 amide bonds. The molecule has 0 saturated heterocycles. The Bertz CT molecular complexity index is 635. The zero-order chi connectivity index (χ0) is 11.7. The van der Waals surface area contributed by atoms with Crippen LogP contribution in [0.15, 0.2) is 38.6 Å². The summed E-state index contributed by atoms with van der Waals surface area (Å²) in [5.74, 6) is 0.606. The van der Waals surface area contributed by atoms with Crippen molar-refractivity contribution in [1.29, 1.82) is 0 Å². The van der Waals surface area contributed by atoms with Crippen LogP contribution in [0.4, 0.5) is 5.95 Å². The van der Waals surface area contributed by atoms with Crippen molar-refractivity contribution in [3.8, 4) is 0 Å². The Kier molecular flexibility index (Phi) is 2.69. The fraction of sp³-hybridized carbons (Fsp3) is 0.100. The summed E-state index contributed by atoms with van der Waals surface area (Å²) in [6.07, 6.45) is 3.17. The second kappa shape index (κ2) is 4.34. The number of fused-ring (bicyclic) bond motifs is 1. The van der Waals surface area contributed by atoms with Crippen LogP contribution in [0.2, 0.25) is 0 Å². The van der Waals surface area contributed by atoms with Gasteiger partial charge in [-0.15, -0.1) is 11.3 Å². The zero-order valence-electron chi connectivity index (χ0n) is 8.88. The first-order valence-electron chi connectivity index (χ1n) is 4.87. The molecule has 3 aromatic heterocycles. The SMILES string of the molecule is CNc1nc(Sc2ncco2)c2ccsc2n1. The number of aromatic nitrogens is 3. The first kappa shape index (κ1) is 10.5. The van der Waals surface area contributed by atoms with Gasteiger partial charge in [0.25, 0.3) is 5.22 Å². The molecule has 86 valence electrons. The van der Waals surface area contributed by atoms with E-state index in [0.29, 0.717) is 11.2 Å². The van der Waals surface area contributed by atoms with Crippen molar-refractivity contribution in [2.24, 2.45) is 0 Å². The van der Waals surface area contributed by atoms with Crippen LogP contribution >= 0.6 is 23.1 Å². The Morgan fingerprint density at radius 3 is 3.12 bits per heavy atom. The molecular formula is C10H8N4OS2. The van der Waals surface area contributed by atoms with Crippen molar-refractivity contribution < 1.29 is 4.42 Å². The molecule has 3 heterocycles. The van der Waals surface area contributed by atoms with Crippen molar-refractivity contribution in [2.45, 2.75) is 10.2 Å². The Morgan fingerprint density at radius 1 is 1.41 bits per heavy atom. The van der Waals surface area contributed by atoms with E-state index in [0.717, 1.165) is 15.2 Å². The molecule has 1 N–H and O–H groups in total. The standard InChI is InChI=1S/C10H8N4OS2/c1-11-9-13-7-6(2-5-16-7)8(14-9)17-10-12-3-4-15-10/h2-5H,1H3,(H,11,13,14). The third kappa shape index (κ3) is 1.98. The predicted molar refractivity (Wildman–Crippen MR) is 67.6 cm³/mol. The number of thiophene rings is 1. The Morgan fingerprint density at radius 2 is 2.35 bits per heavy atom. The predicted octanol–water partition coefficient (Wildman–Crippen LogP) is 2.87. The summed E-state index contributed by atoms with van der Waals surface area (Å²) in [4.78, 5) is 13.8. The van der Waals surface area contributed by atoms with Gasteiger partial charge in [-0.25, -0.2) is 15.0 Å². The fourth-order valence-corrected chi connectivity index (χ4v) is 2.98. The van der Waals surface area contributed by atoms with Gasteiger partial charge < -0.3 is 9.73 Å². The van der Waals surface area contributed by atoms with E-state index in [9.17, 15) is 0 Å². The molecule has 0 aliphatic heterocycles. The van der Waals surface area contributed by atoms with Crippen LogP contribution in [0, 0.1) is 0 Å². The third-order valence-corrected chi connectivity index (χ3v) is 3.79. The molecule has 0 aromatic carbocycles. The summed E-state index contributed by atoms with van der Waals surface area (Å²) < 4.78 is 5.21. The van der Waals surface area contributed by atoms with Crippen LogP contribution in [0.25, 0.3) is 10.2 Å². The second-order valence-corrected chi connectivity index (χ2v) is 4.98. The summed E-state index contributed by atoms with van der Waals surface area (Å²) in [5, 5.41) is 7.40. The van der Waals surface area contributed by atoms with Gasteiger partial charge in [0.05, 0.1) is 6.20 Å². The molecule has 0 aliphatic carbocycles. The molecule has 17 heavy (non-hydrogen) atoms. The van der Waals surface area contributed by atoms with Crippen LogP contribution in [-0.2, 0) is 0 Å². The van der Waals surface area contributed by atoms with Crippen LogP contribution in [0.3, 0.4) is 0 Å². The highest BCUT2D eigenvalue weighted by Crippen LogP contribution is 2.33. The average Bonchev–Trinajstić information content (AvgIpc) is 2.98. The van der Waals surface area contributed by atoms with E-state index in [1.54, 1.807) is 30.8 Å². The van der Waals surface area contributed by atoms with Gasteiger partial charge in [-0.2, -0.15) is 0 Å². The van der Waals surface area contributed by atoms with Crippen molar-refractivity contribution in [3.63, 3.8) is 0 Å². The van der Waals surface area contributed by atoms with E-state index in [4.69, 9.17) is 4.42 Å². The number of rotatable bonds is 3. The summed E-state index contributed by atoms with van der Waals surface area (Å²) in [5.41, 5.74) is 0. The monoisotopic (exact) mass is 264 g/mol. The van der Waals surface area contributed by atoms with Crippen molar-refractivity contribution in [2.75, 3.05) is 12.4 Å². The number of anilines is 1. The Balaban J connectivity index is 2.10. The number of hydrogen-bond donors (Lipinski definition) is 1. The van der Waals surface area contributed by atoms with Crippen molar-refractivity contribution >= 4 is 39.3 Å². The summed E-state index contributed by atoms with van der Waals surface area (Å²) in [7, 11) is 1.80. The van der Waals surface area contributed by atoms with Gasteiger partial charge in [0.2, 0.25) is 5.95 Å². The van der Waals surface area contributed by atoms with Gasteiger partial charge in [0, 0.05) is 12.4 Å². The molecule has 0 aliphatic rings. The van der Waals surface area contributed by atoms with Gasteiger partial charge in [-0.05, 0) is 23.2 Å². The molecule has 0 radical (unpaired) electrons. The highest BCUT2D eigenvalue weighted by molar-refractivity contribution is 7.99. The van der Waals surface area contributed by atoms with Crippen LogP contribution in [-0.4, -0.2) is 22.0 Å². The summed E-state index contributed by atoms with van der Waals surface area (Å²) >= 11 is 2.98. The molecule has 0 unspecified atom stereocenters. The number of oxazole rings is 1. The Hall–Kier alpha value is -1.60. The lowest BCUT2D eigenvalue weighted by atomic mass is 10.4. The number of hydrogen-bond acceptors (Lipinski definition) is 7. The summed E-state index contributed by atoms with van der Waals surface area (Å²) in [6.45, 7) is 0. The molecule has 0 bridgehead atoms. The third-order valence-electron chi connectivity index (χ3n) is 2.11. The van der Waals surface area contributed by atoms with E-state index in [1.165, 1.54) is 11.8 Å². The lowest BCUT2D eigenvalue weighted by molar-refractivity contribution is 0.454. The summed E-state index contributed by atoms with van der Waals surface area (Å²) in [6, 6.07) is 2.00. The van der Waals surface area contributed by atoms with E-state index in [2.05, 4.69) is 20.3 Å². The van der Waals surface area contributed by atoms with Gasteiger partial charge in [0.15, 0.2) is 0 Å². The quantitative estimate of drug-likeness (QED) is 0.734. The molecule has 3 aromatic rings. The van der Waals surface area contributed by atoms with Gasteiger partial charge in [-0.1, -0.05) is 0 Å². The minimum absolute atomic E-state index is 0.582. The van der Waals surface area contributed by atoms with Crippen LogP contribution < -0.4 is 5.32 Å². The number of nitrogens with one attached hydrogen (secondary N) is 1. The average molecular weight is 264 g/mol. The zero-order valence-corrected chi connectivity index (χ0v) is 10.5. The highest BCUT2D eigenvalue weighted by atomic mass is 32.2. The maximum absolute atomic E-state index is 5.21. The minimum atomic E-state index is 0.582. The maximum atomic E-state index is 5.21. The first-order chi connectivity index (χ1) is 8.36. The second-order valence-electron chi connectivity index (χ2n) is 3.14. The molecule has 0 fully saturated rings. The number of nitrogens with zero attached hydrogens (tertiary/aromatic N) is 3.